The molecule has 0 radical (unpaired) electrons. The van der Waals surface area contributed by atoms with Gasteiger partial charge in [0, 0.05) is 11.1 Å². The largest absolute Gasteiger partial charge is 0.496 e. The Balaban J connectivity index is 2.28. The van der Waals surface area contributed by atoms with Gasteiger partial charge in [0.05, 0.1) is 14.2 Å². The van der Waals surface area contributed by atoms with Crippen LogP contribution in [0.3, 0.4) is 0 Å². The molecule has 0 heterocycles. The molecule has 0 fully saturated rings. The van der Waals surface area contributed by atoms with Crippen molar-refractivity contribution in [3.8, 4) is 11.5 Å². The first-order valence-corrected chi connectivity index (χ1v) is 11.7. The highest BCUT2D eigenvalue weighted by atomic mass is 16.5. The van der Waals surface area contributed by atoms with Crippen molar-refractivity contribution in [3.63, 3.8) is 0 Å². The summed E-state index contributed by atoms with van der Waals surface area (Å²) in [6, 6.07) is 8.38. The van der Waals surface area contributed by atoms with Gasteiger partial charge in [-0.15, -0.1) is 0 Å². The van der Waals surface area contributed by atoms with Gasteiger partial charge >= 0.3 is 0 Å². The Hall–Kier alpha value is -2.04. The van der Waals surface area contributed by atoms with Gasteiger partial charge < -0.3 is 19.7 Å². The maximum Gasteiger partial charge on any atom is 0.127 e. The number of benzene rings is 2. The van der Waals surface area contributed by atoms with E-state index in [4.69, 9.17) is 9.47 Å². The first-order chi connectivity index (χ1) is 14.9. The van der Waals surface area contributed by atoms with Gasteiger partial charge in [0.2, 0.25) is 0 Å². The Morgan fingerprint density at radius 1 is 0.656 bits per heavy atom. The standard InChI is InChI=1S/C28H40O4/c1-27(2,3)19-13-17-11-9-10-12-18-14-20(28(4,5)6)16-22(26(18)32-8)24(30)23(29)21(15-19)25(17)31-7/h13-16,23-24,29-30H,9-12H2,1-8H3. The maximum atomic E-state index is 11.5. The Labute approximate surface area is 193 Å². The van der Waals surface area contributed by atoms with Crippen LogP contribution < -0.4 is 9.47 Å². The van der Waals surface area contributed by atoms with Crippen LogP contribution in [0.25, 0.3) is 0 Å². The van der Waals surface area contributed by atoms with Crippen LogP contribution in [0.2, 0.25) is 0 Å². The zero-order valence-electron chi connectivity index (χ0n) is 21.0. The first-order valence-electron chi connectivity index (χ1n) is 11.7. The molecule has 2 unspecified atom stereocenters. The molecule has 176 valence electrons. The van der Waals surface area contributed by atoms with E-state index >= 15 is 0 Å². The summed E-state index contributed by atoms with van der Waals surface area (Å²) in [5.41, 5.74) is 5.52. The summed E-state index contributed by atoms with van der Waals surface area (Å²) in [6.07, 6.45) is 1.44. The van der Waals surface area contributed by atoms with Crippen LogP contribution in [0.15, 0.2) is 24.3 Å². The highest BCUT2D eigenvalue weighted by Crippen LogP contribution is 2.44. The molecule has 0 amide bonds. The van der Waals surface area contributed by atoms with E-state index in [1.165, 1.54) is 0 Å². The van der Waals surface area contributed by atoms with Crippen LogP contribution in [-0.4, -0.2) is 24.4 Å². The molecule has 4 bridgehead atoms. The van der Waals surface area contributed by atoms with Crippen molar-refractivity contribution in [3.05, 3.63) is 57.6 Å². The van der Waals surface area contributed by atoms with Crippen molar-refractivity contribution in [2.45, 2.75) is 90.3 Å². The second kappa shape index (κ2) is 9.07. The van der Waals surface area contributed by atoms with E-state index in [-0.39, 0.29) is 10.8 Å². The average molecular weight is 441 g/mol. The number of ether oxygens (including phenoxy) is 2. The second-order valence-electron chi connectivity index (χ2n) is 11.1. The number of hydrogen-bond acceptors (Lipinski definition) is 4. The topological polar surface area (TPSA) is 58.9 Å². The average Bonchev–Trinajstić information content (AvgIpc) is 2.72. The van der Waals surface area contributed by atoms with E-state index in [1.807, 2.05) is 12.1 Å². The molecule has 1 aliphatic carbocycles. The normalized spacial score (nSPS) is 19.7. The molecule has 1 aliphatic rings. The third-order valence-electron chi connectivity index (χ3n) is 6.61. The van der Waals surface area contributed by atoms with Crippen LogP contribution in [0.4, 0.5) is 0 Å². The second-order valence-corrected chi connectivity index (χ2v) is 11.1. The van der Waals surface area contributed by atoms with Gasteiger partial charge in [-0.05, 0) is 70.9 Å². The van der Waals surface area contributed by atoms with Crippen molar-refractivity contribution in [1.82, 2.24) is 0 Å². The predicted molar refractivity (Wildman–Crippen MR) is 130 cm³/mol. The van der Waals surface area contributed by atoms with E-state index in [1.54, 1.807) is 14.2 Å². The molecule has 0 aromatic heterocycles. The molecule has 2 N–H and O–H groups in total. The summed E-state index contributed by atoms with van der Waals surface area (Å²) in [4.78, 5) is 0. The van der Waals surface area contributed by atoms with E-state index in [0.717, 1.165) is 47.9 Å². The Morgan fingerprint density at radius 2 is 1.00 bits per heavy atom. The molecule has 4 nitrogen and oxygen atoms in total. The van der Waals surface area contributed by atoms with Crippen molar-refractivity contribution < 1.29 is 19.7 Å². The number of methoxy groups -OCH3 is 2. The lowest BCUT2D eigenvalue weighted by atomic mass is 9.80. The van der Waals surface area contributed by atoms with Gasteiger partial charge in [-0.25, -0.2) is 0 Å². The van der Waals surface area contributed by atoms with Gasteiger partial charge in [0.1, 0.15) is 23.7 Å². The SMILES string of the molecule is COc1c2cc(C(C)(C)C)cc1C(O)C(O)c1cc(C(C)(C)C)cc(c1OC)CCCC2. The molecule has 2 aromatic carbocycles. The fraction of sp³-hybridized carbons (Fsp3) is 0.571. The Kier molecular flexibility index (Phi) is 6.97. The summed E-state index contributed by atoms with van der Waals surface area (Å²) in [7, 11) is 3.28. The van der Waals surface area contributed by atoms with Gasteiger partial charge in [-0.2, -0.15) is 0 Å². The lowest BCUT2D eigenvalue weighted by Gasteiger charge is -2.30. The van der Waals surface area contributed by atoms with Crippen LogP contribution in [0.5, 0.6) is 11.5 Å². The summed E-state index contributed by atoms with van der Waals surface area (Å²) in [5.74, 6) is 1.35. The fourth-order valence-corrected chi connectivity index (χ4v) is 4.57. The highest BCUT2D eigenvalue weighted by molar-refractivity contribution is 5.52. The van der Waals surface area contributed by atoms with Crippen LogP contribution >= 0.6 is 0 Å². The summed E-state index contributed by atoms with van der Waals surface area (Å²) >= 11 is 0. The minimum absolute atomic E-state index is 0.0888. The molecule has 3 rings (SSSR count). The minimum atomic E-state index is -1.14. The molecule has 2 aromatic rings. The number of aryl methyl sites for hydroxylation is 2. The monoisotopic (exact) mass is 440 g/mol. The number of rotatable bonds is 2. The van der Waals surface area contributed by atoms with E-state index in [2.05, 4.69) is 53.7 Å². The van der Waals surface area contributed by atoms with Crippen molar-refractivity contribution >= 4 is 0 Å². The maximum absolute atomic E-state index is 11.5. The smallest absolute Gasteiger partial charge is 0.127 e. The van der Waals surface area contributed by atoms with E-state index < -0.39 is 12.2 Å². The lowest BCUT2D eigenvalue weighted by molar-refractivity contribution is 0.0142. The van der Waals surface area contributed by atoms with E-state index in [0.29, 0.717) is 22.6 Å². The lowest BCUT2D eigenvalue weighted by Crippen LogP contribution is -2.19. The molecule has 32 heavy (non-hydrogen) atoms. The molecule has 2 atom stereocenters. The van der Waals surface area contributed by atoms with Crippen molar-refractivity contribution in [2.75, 3.05) is 14.2 Å². The van der Waals surface area contributed by atoms with Gasteiger partial charge in [-0.3, -0.25) is 0 Å². The van der Waals surface area contributed by atoms with Crippen LogP contribution in [0, 0.1) is 0 Å². The minimum Gasteiger partial charge on any atom is -0.496 e. The Bertz CT molecular complexity index is 883. The summed E-state index contributed by atoms with van der Waals surface area (Å²) in [6.45, 7) is 13.0. The van der Waals surface area contributed by atoms with Crippen molar-refractivity contribution in [2.24, 2.45) is 0 Å². The van der Waals surface area contributed by atoms with Gasteiger partial charge in [0.15, 0.2) is 0 Å². The zero-order chi connectivity index (χ0) is 23.8. The fourth-order valence-electron chi connectivity index (χ4n) is 4.57. The first kappa shape index (κ1) is 24.6. The Morgan fingerprint density at radius 3 is 1.28 bits per heavy atom. The summed E-state index contributed by atoms with van der Waals surface area (Å²) in [5, 5.41) is 22.9. The quantitative estimate of drug-likeness (QED) is 0.606. The molecule has 0 aliphatic heterocycles. The van der Waals surface area contributed by atoms with Gasteiger partial charge in [-0.1, -0.05) is 53.7 Å². The predicted octanol–water partition coefficient (Wildman–Crippen LogP) is 5.94. The molecule has 0 spiro atoms. The number of aliphatic hydroxyl groups excluding tert-OH is 2. The molecular formula is C28H40O4. The third-order valence-corrected chi connectivity index (χ3v) is 6.61. The molecule has 0 saturated carbocycles. The molecule has 4 heteroatoms. The van der Waals surface area contributed by atoms with Gasteiger partial charge in [0.25, 0.3) is 0 Å². The number of hydrogen-bond donors (Lipinski definition) is 2. The van der Waals surface area contributed by atoms with Crippen molar-refractivity contribution in [1.29, 1.82) is 0 Å². The molecular weight excluding hydrogens is 400 g/mol. The van der Waals surface area contributed by atoms with Crippen LogP contribution in [-0.2, 0) is 23.7 Å². The zero-order valence-corrected chi connectivity index (χ0v) is 21.0. The highest BCUT2D eigenvalue weighted by Gasteiger charge is 2.31. The summed E-state index contributed by atoms with van der Waals surface area (Å²) < 4.78 is 11.6. The number of aliphatic hydroxyl groups is 2. The number of fused-ring (bicyclic) bond motifs is 4. The van der Waals surface area contributed by atoms with E-state index in [9.17, 15) is 10.2 Å². The third kappa shape index (κ3) is 4.82. The van der Waals surface area contributed by atoms with Crippen LogP contribution in [0.1, 0.15) is 100.0 Å². The molecule has 0 saturated heterocycles.